The maximum Gasteiger partial charge on any atom is 0.378 e. The fraction of sp³-hybridized carbons (Fsp3) is 0. The molecule has 2 rings (SSSR count). The number of anilines is 2. The van der Waals surface area contributed by atoms with Crippen molar-refractivity contribution in [2.45, 2.75) is 0 Å². The summed E-state index contributed by atoms with van der Waals surface area (Å²) in [6, 6.07) is 12.7. The molecule has 114 valence electrons. The number of hydrogen-bond donors (Lipinski definition) is 3. The van der Waals surface area contributed by atoms with E-state index in [-0.39, 0.29) is 11.1 Å². The Morgan fingerprint density at radius 2 is 1.50 bits per heavy atom. The molecule has 0 atom stereocenters. The van der Waals surface area contributed by atoms with Crippen LogP contribution in [0, 0.1) is 0 Å². The Kier molecular flexibility index (Phi) is 5.37. The molecule has 0 radical (unpaired) electrons. The number of aromatic carboxylic acids is 1. The van der Waals surface area contributed by atoms with Gasteiger partial charge in [-0.2, -0.15) is 0 Å². The number of carboxylic acid groups (broad SMARTS) is 1. The van der Waals surface area contributed by atoms with Gasteiger partial charge in [0.1, 0.15) is 0 Å². The highest BCUT2D eigenvalue weighted by molar-refractivity contribution is 7.74. The maximum absolute atomic E-state index is 11.8. The van der Waals surface area contributed by atoms with Crippen LogP contribution in [0.5, 0.6) is 0 Å². The zero-order valence-corrected chi connectivity index (χ0v) is 11.9. The van der Waals surface area contributed by atoms with Crippen molar-refractivity contribution in [2.75, 3.05) is 5.32 Å². The minimum Gasteiger partial charge on any atom is -0.478 e. The molecule has 8 heteroatoms. The first-order valence-electron chi connectivity index (χ1n) is 6.01. The van der Waals surface area contributed by atoms with Crippen LogP contribution in [0.15, 0.2) is 48.5 Å². The number of hydrogen-bond acceptors (Lipinski definition) is 7. The smallest absolute Gasteiger partial charge is 0.378 e. The van der Waals surface area contributed by atoms with Crippen LogP contribution in [-0.2, 0) is 14.3 Å². The summed E-state index contributed by atoms with van der Waals surface area (Å²) in [6.45, 7) is 0. The summed E-state index contributed by atoms with van der Waals surface area (Å²) in [5.74, 6) is -1.92. The predicted molar refractivity (Wildman–Crippen MR) is 79.7 cm³/mol. The summed E-state index contributed by atoms with van der Waals surface area (Å²) in [5.41, 5.74) is 0.888. The van der Waals surface area contributed by atoms with Crippen molar-refractivity contribution < 1.29 is 29.0 Å². The van der Waals surface area contributed by atoms with Gasteiger partial charge in [0.05, 0.1) is 22.5 Å². The molecule has 0 aliphatic carbocycles. The number of thiol groups is 1. The van der Waals surface area contributed by atoms with E-state index in [0.29, 0.717) is 11.4 Å². The molecule has 2 N–H and O–H groups in total. The molecule has 0 unspecified atom stereocenters. The third kappa shape index (κ3) is 3.76. The zero-order valence-electron chi connectivity index (χ0n) is 11.1. The van der Waals surface area contributed by atoms with E-state index in [1.54, 1.807) is 36.4 Å². The molecule has 0 amide bonds. The number of para-hydroxylation sites is 2. The van der Waals surface area contributed by atoms with Crippen LogP contribution in [0.4, 0.5) is 11.4 Å². The minimum absolute atomic E-state index is 0.0700. The van der Waals surface area contributed by atoms with Crippen molar-refractivity contribution in [2.24, 2.45) is 0 Å². The molecular formula is C14H11NO6S. The maximum atomic E-state index is 11.8. The van der Waals surface area contributed by atoms with Gasteiger partial charge in [-0.3, -0.25) is 4.89 Å². The van der Waals surface area contributed by atoms with E-state index in [1.807, 2.05) is 0 Å². The summed E-state index contributed by atoms with van der Waals surface area (Å²) in [7, 11) is 0. The lowest BCUT2D eigenvalue weighted by Gasteiger charge is -2.12. The van der Waals surface area contributed by atoms with Crippen molar-refractivity contribution >= 4 is 36.2 Å². The van der Waals surface area contributed by atoms with Crippen molar-refractivity contribution in [1.29, 1.82) is 0 Å². The van der Waals surface area contributed by atoms with E-state index in [4.69, 9.17) is 5.11 Å². The van der Waals surface area contributed by atoms with E-state index in [1.165, 1.54) is 12.1 Å². The SMILES string of the molecule is O=C(O)c1ccccc1Nc1ccccc1C(=O)OOOS. The van der Waals surface area contributed by atoms with Gasteiger partial charge in [-0.05, 0) is 24.3 Å². The van der Waals surface area contributed by atoms with Gasteiger partial charge in [0, 0.05) is 17.9 Å². The van der Waals surface area contributed by atoms with Crippen LogP contribution in [0.25, 0.3) is 0 Å². The number of rotatable bonds is 6. The fourth-order valence-corrected chi connectivity index (χ4v) is 1.82. The van der Waals surface area contributed by atoms with Crippen LogP contribution in [0.3, 0.4) is 0 Å². The molecule has 0 saturated carbocycles. The third-order valence-corrected chi connectivity index (χ3v) is 2.77. The second-order valence-electron chi connectivity index (χ2n) is 4.03. The van der Waals surface area contributed by atoms with Gasteiger partial charge in [0.25, 0.3) is 0 Å². The molecule has 0 aliphatic rings. The highest BCUT2D eigenvalue weighted by Gasteiger charge is 2.16. The number of carbonyl (C=O) groups is 2. The monoisotopic (exact) mass is 321 g/mol. The fourth-order valence-electron chi connectivity index (χ4n) is 1.78. The first-order chi connectivity index (χ1) is 10.6. The molecule has 0 aromatic heterocycles. The summed E-state index contributed by atoms with van der Waals surface area (Å²) >= 11 is 3.27. The van der Waals surface area contributed by atoms with Crippen LogP contribution in [0.1, 0.15) is 20.7 Å². The lowest BCUT2D eigenvalue weighted by molar-refractivity contribution is -0.421. The molecular weight excluding hydrogens is 310 g/mol. The topological polar surface area (TPSA) is 94.1 Å². The third-order valence-electron chi connectivity index (χ3n) is 2.71. The van der Waals surface area contributed by atoms with Crippen molar-refractivity contribution in [3.05, 3.63) is 59.7 Å². The lowest BCUT2D eigenvalue weighted by atomic mass is 10.1. The Balaban J connectivity index is 2.31. The van der Waals surface area contributed by atoms with Crippen LogP contribution < -0.4 is 5.32 Å². The molecule has 2 aromatic rings. The lowest BCUT2D eigenvalue weighted by Crippen LogP contribution is -2.09. The van der Waals surface area contributed by atoms with Gasteiger partial charge < -0.3 is 10.4 Å². The Labute approximate surface area is 130 Å². The Morgan fingerprint density at radius 1 is 0.955 bits per heavy atom. The van der Waals surface area contributed by atoms with Crippen LogP contribution >= 0.6 is 12.9 Å². The molecule has 2 aromatic carbocycles. The summed E-state index contributed by atoms with van der Waals surface area (Å²) < 4.78 is 3.90. The standard InChI is InChI=1S/C14H11NO6S/c16-13(17)9-5-1-3-7-11(9)15-12-8-4-2-6-10(12)14(18)19-20-21-22/h1-8,15,22H,(H,16,17). The van der Waals surface area contributed by atoms with Crippen molar-refractivity contribution in [3.8, 4) is 0 Å². The zero-order chi connectivity index (χ0) is 15.9. The van der Waals surface area contributed by atoms with Crippen molar-refractivity contribution in [1.82, 2.24) is 0 Å². The highest BCUT2D eigenvalue weighted by atomic mass is 32.1. The van der Waals surface area contributed by atoms with E-state index in [9.17, 15) is 9.59 Å². The molecule has 22 heavy (non-hydrogen) atoms. The van der Waals surface area contributed by atoms with E-state index < -0.39 is 11.9 Å². The normalized spacial score (nSPS) is 10.0. The molecule has 0 heterocycles. The second kappa shape index (κ2) is 7.46. The van der Waals surface area contributed by atoms with Gasteiger partial charge in [-0.25, -0.2) is 9.59 Å². The van der Waals surface area contributed by atoms with E-state index in [0.717, 1.165) is 0 Å². The Morgan fingerprint density at radius 3 is 2.09 bits per heavy atom. The average molecular weight is 321 g/mol. The predicted octanol–water partition coefficient (Wildman–Crippen LogP) is 2.99. The molecule has 7 nitrogen and oxygen atoms in total. The van der Waals surface area contributed by atoms with Gasteiger partial charge in [0.15, 0.2) is 0 Å². The Hall–Kier alpha value is -2.55. The molecule has 0 saturated heterocycles. The van der Waals surface area contributed by atoms with Gasteiger partial charge >= 0.3 is 11.9 Å². The van der Waals surface area contributed by atoms with Gasteiger partial charge in [-0.1, -0.05) is 24.3 Å². The van der Waals surface area contributed by atoms with E-state index in [2.05, 4.69) is 32.5 Å². The number of carboxylic acids is 1. The molecule has 0 fully saturated rings. The van der Waals surface area contributed by atoms with Gasteiger partial charge in [0.2, 0.25) is 0 Å². The molecule has 0 aliphatic heterocycles. The van der Waals surface area contributed by atoms with Crippen LogP contribution in [0.2, 0.25) is 0 Å². The number of benzene rings is 2. The second-order valence-corrected chi connectivity index (χ2v) is 4.18. The highest BCUT2D eigenvalue weighted by Crippen LogP contribution is 2.24. The minimum atomic E-state index is -1.09. The first kappa shape index (κ1) is 15.8. The summed E-state index contributed by atoms with van der Waals surface area (Å²) in [5, 5.41) is 16.1. The first-order valence-corrected chi connectivity index (χ1v) is 6.37. The molecule has 0 spiro atoms. The van der Waals surface area contributed by atoms with Crippen LogP contribution in [-0.4, -0.2) is 17.0 Å². The average Bonchev–Trinajstić information content (AvgIpc) is 2.53. The largest absolute Gasteiger partial charge is 0.478 e. The summed E-state index contributed by atoms with van der Waals surface area (Å²) in [4.78, 5) is 27.4. The molecule has 0 bridgehead atoms. The van der Waals surface area contributed by atoms with Crippen molar-refractivity contribution in [3.63, 3.8) is 0 Å². The Bertz CT molecular complexity index is 691. The number of nitrogens with one attached hydrogen (secondary N) is 1. The van der Waals surface area contributed by atoms with E-state index >= 15 is 0 Å². The summed E-state index contributed by atoms with van der Waals surface area (Å²) in [6.07, 6.45) is 0. The van der Waals surface area contributed by atoms with Gasteiger partial charge in [-0.15, -0.1) is 4.33 Å². The number of carbonyl (C=O) groups excluding carboxylic acids is 1. The quantitative estimate of drug-likeness (QED) is 0.326.